The zero-order valence-electron chi connectivity index (χ0n) is 10.7. The Balaban J connectivity index is 1.86. The molecule has 0 bridgehead atoms. The summed E-state index contributed by atoms with van der Waals surface area (Å²) in [4.78, 5) is 13.2. The molecule has 19 heavy (non-hydrogen) atoms. The summed E-state index contributed by atoms with van der Waals surface area (Å²) in [6.45, 7) is 2.10. The number of benzene rings is 1. The van der Waals surface area contributed by atoms with Crippen LogP contribution in [0.4, 0.5) is 0 Å². The summed E-state index contributed by atoms with van der Waals surface area (Å²) in [5.74, 6) is 6.78. The number of rotatable bonds is 5. The Kier molecular flexibility index (Phi) is 5.01. The van der Waals surface area contributed by atoms with E-state index in [-0.39, 0.29) is 5.91 Å². The summed E-state index contributed by atoms with van der Waals surface area (Å²) in [6, 6.07) is 12.3. The van der Waals surface area contributed by atoms with Crippen molar-refractivity contribution in [1.82, 2.24) is 5.43 Å². The van der Waals surface area contributed by atoms with Gasteiger partial charge in [0, 0.05) is 16.4 Å². The van der Waals surface area contributed by atoms with E-state index in [1.54, 1.807) is 0 Å². The molecule has 0 spiro atoms. The molecule has 1 aromatic carbocycles. The van der Waals surface area contributed by atoms with Crippen LogP contribution >= 0.6 is 23.1 Å². The van der Waals surface area contributed by atoms with Gasteiger partial charge in [0.25, 0.3) is 5.91 Å². The van der Waals surface area contributed by atoms with Crippen molar-refractivity contribution in [3.63, 3.8) is 0 Å². The molecule has 2 aromatic rings. The molecule has 1 heterocycles. The van der Waals surface area contributed by atoms with Crippen LogP contribution in [0.5, 0.6) is 0 Å². The van der Waals surface area contributed by atoms with Crippen LogP contribution in [0.15, 0.2) is 36.4 Å². The van der Waals surface area contributed by atoms with Gasteiger partial charge in [-0.3, -0.25) is 10.2 Å². The Labute approximate surface area is 121 Å². The number of carbonyl (C=O) groups is 1. The minimum Gasteiger partial charge on any atom is -0.289 e. The normalized spacial score (nSPS) is 10.4. The van der Waals surface area contributed by atoms with Crippen molar-refractivity contribution in [1.29, 1.82) is 0 Å². The van der Waals surface area contributed by atoms with Crippen LogP contribution in [0.2, 0.25) is 0 Å². The van der Waals surface area contributed by atoms with Gasteiger partial charge in [-0.1, -0.05) is 29.8 Å². The second-order valence-electron chi connectivity index (χ2n) is 4.22. The topological polar surface area (TPSA) is 55.1 Å². The molecule has 3 N–H and O–H groups in total. The van der Waals surface area contributed by atoms with Crippen LogP contribution in [0.1, 0.15) is 25.7 Å². The number of nitrogen functional groups attached to an aromatic ring is 1. The summed E-state index contributed by atoms with van der Waals surface area (Å²) in [5.41, 5.74) is 4.77. The fraction of sp³-hybridized carbons (Fsp3) is 0.214. The van der Waals surface area contributed by atoms with E-state index in [0.717, 1.165) is 11.5 Å². The molecule has 0 saturated heterocycles. The summed E-state index contributed by atoms with van der Waals surface area (Å²) in [5, 5.41) is 0. The predicted molar refractivity (Wildman–Crippen MR) is 82.2 cm³/mol. The van der Waals surface area contributed by atoms with Crippen LogP contribution in [-0.2, 0) is 11.5 Å². The second kappa shape index (κ2) is 6.75. The van der Waals surface area contributed by atoms with E-state index in [2.05, 4.69) is 36.6 Å². The zero-order valence-corrected chi connectivity index (χ0v) is 12.3. The molecule has 100 valence electrons. The molecule has 1 amide bonds. The van der Waals surface area contributed by atoms with E-state index < -0.39 is 0 Å². The van der Waals surface area contributed by atoms with Gasteiger partial charge in [0.1, 0.15) is 0 Å². The Bertz CT molecular complexity index is 566. The smallest absolute Gasteiger partial charge is 0.275 e. The second-order valence-corrected chi connectivity index (χ2v) is 6.38. The number of thiophene rings is 1. The molecule has 0 aliphatic carbocycles. The highest BCUT2D eigenvalue weighted by molar-refractivity contribution is 7.97. The van der Waals surface area contributed by atoms with Crippen LogP contribution in [0, 0.1) is 6.92 Å². The third kappa shape index (κ3) is 4.09. The molecule has 5 heteroatoms. The van der Waals surface area contributed by atoms with Crippen LogP contribution in [0.3, 0.4) is 0 Å². The standard InChI is InChI=1S/C14H16N2OS2/c1-10-3-2-4-11(7-10)8-18-9-12-5-6-13(19-12)14(17)16-15/h2-7H,8-9,15H2,1H3,(H,16,17). The highest BCUT2D eigenvalue weighted by Crippen LogP contribution is 2.24. The van der Waals surface area contributed by atoms with Crippen molar-refractivity contribution in [3.05, 3.63) is 57.3 Å². The molecule has 0 fully saturated rings. The summed E-state index contributed by atoms with van der Waals surface area (Å²) < 4.78 is 0. The van der Waals surface area contributed by atoms with Gasteiger partial charge < -0.3 is 0 Å². The quantitative estimate of drug-likeness (QED) is 0.506. The van der Waals surface area contributed by atoms with Gasteiger partial charge in [-0.15, -0.1) is 11.3 Å². The lowest BCUT2D eigenvalue weighted by molar-refractivity contribution is 0.0957. The van der Waals surface area contributed by atoms with Crippen molar-refractivity contribution in [2.75, 3.05) is 0 Å². The maximum Gasteiger partial charge on any atom is 0.275 e. The van der Waals surface area contributed by atoms with Gasteiger partial charge in [-0.05, 0) is 24.6 Å². The Morgan fingerprint density at radius 3 is 2.89 bits per heavy atom. The predicted octanol–water partition coefficient (Wildman–Crippen LogP) is 3.09. The average molecular weight is 292 g/mol. The lowest BCUT2D eigenvalue weighted by Gasteiger charge is -2.01. The zero-order chi connectivity index (χ0) is 13.7. The number of amides is 1. The Hall–Kier alpha value is -1.30. The number of nitrogens with two attached hydrogens (primary N) is 1. The molecule has 0 atom stereocenters. The van der Waals surface area contributed by atoms with E-state index in [1.807, 2.05) is 23.9 Å². The maximum atomic E-state index is 11.3. The van der Waals surface area contributed by atoms with E-state index in [0.29, 0.717) is 4.88 Å². The molecule has 0 aliphatic rings. The number of hydrazine groups is 1. The summed E-state index contributed by atoms with van der Waals surface area (Å²) in [7, 11) is 0. The lowest BCUT2D eigenvalue weighted by atomic mass is 10.2. The van der Waals surface area contributed by atoms with Gasteiger partial charge in [-0.2, -0.15) is 11.8 Å². The molecule has 0 saturated carbocycles. The van der Waals surface area contributed by atoms with Gasteiger partial charge >= 0.3 is 0 Å². The maximum absolute atomic E-state index is 11.3. The van der Waals surface area contributed by atoms with Crippen molar-refractivity contribution in [2.24, 2.45) is 5.84 Å². The molecule has 3 nitrogen and oxygen atoms in total. The molecule has 0 unspecified atom stereocenters. The van der Waals surface area contributed by atoms with Crippen LogP contribution in [0.25, 0.3) is 0 Å². The van der Waals surface area contributed by atoms with Crippen LogP contribution in [-0.4, -0.2) is 5.91 Å². The number of nitrogens with one attached hydrogen (secondary N) is 1. The van der Waals surface area contributed by atoms with Gasteiger partial charge in [0.05, 0.1) is 4.88 Å². The minimum absolute atomic E-state index is 0.222. The van der Waals surface area contributed by atoms with E-state index >= 15 is 0 Å². The highest BCUT2D eigenvalue weighted by atomic mass is 32.2. The van der Waals surface area contributed by atoms with E-state index in [4.69, 9.17) is 5.84 Å². The third-order valence-corrected chi connectivity index (χ3v) is 4.93. The highest BCUT2D eigenvalue weighted by Gasteiger charge is 2.07. The Morgan fingerprint density at radius 2 is 2.16 bits per heavy atom. The lowest BCUT2D eigenvalue weighted by Crippen LogP contribution is -2.29. The van der Waals surface area contributed by atoms with Crippen LogP contribution < -0.4 is 11.3 Å². The van der Waals surface area contributed by atoms with E-state index in [9.17, 15) is 4.79 Å². The molecule has 1 aromatic heterocycles. The molecule has 0 aliphatic heterocycles. The first kappa shape index (κ1) is 14.1. The first-order valence-corrected chi connectivity index (χ1v) is 7.89. The first-order chi connectivity index (χ1) is 9.19. The minimum atomic E-state index is -0.222. The number of hydrogen-bond donors (Lipinski definition) is 2. The first-order valence-electron chi connectivity index (χ1n) is 5.92. The fourth-order valence-electron chi connectivity index (χ4n) is 1.72. The summed E-state index contributed by atoms with van der Waals surface area (Å²) >= 11 is 3.34. The molecule has 0 radical (unpaired) electrons. The number of carbonyl (C=O) groups excluding carboxylic acids is 1. The fourth-order valence-corrected chi connectivity index (χ4v) is 3.73. The van der Waals surface area contributed by atoms with Gasteiger partial charge in [-0.25, -0.2) is 5.84 Å². The van der Waals surface area contributed by atoms with Crippen molar-refractivity contribution >= 4 is 29.0 Å². The Morgan fingerprint density at radius 1 is 1.32 bits per heavy atom. The summed E-state index contributed by atoms with van der Waals surface area (Å²) in [6.07, 6.45) is 0. The van der Waals surface area contributed by atoms with E-state index in [1.165, 1.54) is 27.3 Å². The number of aryl methyl sites for hydroxylation is 1. The number of thioether (sulfide) groups is 1. The molecule has 2 rings (SSSR count). The largest absolute Gasteiger partial charge is 0.289 e. The van der Waals surface area contributed by atoms with Crippen molar-refractivity contribution in [3.8, 4) is 0 Å². The number of hydrogen-bond acceptors (Lipinski definition) is 4. The average Bonchev–Trinajstić information content (AvgIpc) is 2.87. The van der Waals surface area contributed by atoms with Crippen molar-refractivity contribution < 1.29 is 4.79 Å². The van der Waals surface area contributed by atoms with Crippen molar-refractivity contribution in [2.45, 2.75) is 18.4 Å². The van der Waals surface area contributed by atoms with Gasteiger partial charge in [0.2, 0.25) is 0 Å². The van der Waals surface area contributed by atoms with Gasteiger partial charge in [0.15, 0.2) is 0 Å². The third-order valence-electron chi connectivity index (χ3n) is 2.61. The molecular formula is C14H16N2OS2. The monoisotopic (exact) mass is 292 g/mol. The molecular weight excluding hydrogens is 276 g/mol. The SMILES string of the molecule is Cc1cccc(CSCc2ccc(C(=O)NN)s2)c1.